The first-order valence-electron chi connectivity index (χ1n) is 5.71. The Morgan fingerprint density at radius 2 is 2.19 bits per heavy atom. The second-order valence-corrected chi connectivity index (χ2v) is 5.25. The predicted octanol–water partition coefficient (Wildman–Crippen LogP) is 3.25. The second-order valence-electron chi connectivity index (χ2n) is 4.84. The number of halogens is 1. The summed E-state index contributed by atoms with van der Waals surface area (Å²) in [6.45, 7) is 0. The van der Waals surface area contributed by atoms with E-state index in [9.17, 15) is 0 Å². The minimum atomic E-state index is 0.127. The summed E-state index contributed by atoms with van der Waals surface area (Å²) in [5.41, 5.74) is 8.60. The fourth-order valence-electron chi connectivity index (χ4n) is 2.18. The third-order valence-corrected chi connectivity index (χ3v) is 3.85. The number of hydrogen-bond acceptors (Lipinski definition) is 1. The minimum Gasteiger partial charge on any atom is -0.360 e. The van der Waals surface area contributed by atoms with Crippen LogP contribution >= 0.6 is 11.6 Å². The van der Waals surface area contributed by atoms with Gasteiger partial charge in [0.2, 0.25) is 0 Å². The highest BCUT2D eigenvalue weighted by atomic mass is 35.5. The van der Waals surface area contributed by atoms with Crippen molar-refractivity contribution in [3.63, 3.8) is 0 Å². The zero-order valence-corrected chi connectivity index (χ0v) is 9.85. The van der Waals surface area contributed by atoms with Gasteiger partial charge in [-0.3, -0.25) is 0 Å². The van der Waals surface area contributed by atoms with E-state index in [1.54, 1.807) is 0 Å². The first-order valence-corrected chi connectivity index (χ1v) is 6.09. The van der Waals surface area contributed by atoms with Gasteiger partial charge in [-0.05, 0) is 37.3 Å². The Kier molecular flexibility index (Phi) is 2.23. The molecule has 0 amide bonds. The van der Waals surface area contributed by atoms with Crippen molar-refractivity contribution in [3.05, 3.63) is 35.0 Å². The van der Waals surface area contributed by atoms with Crippen molar-refractivity contribution in [2.24, 2.45) is 5.73 Å². The molecule has 16 heavy (non-hydrogen) atoms. The molecule has 1 heterocycles. The number of nitrogens with two attached hydrogens (primary N) is 1. The third kappa shape index (κ3) is 1.72. The molecule has 0 spiro atoms. The molecule has 0 radical (unpaired) electrons. The van der Waals surface area contributed by atoms with Gasteiger partial charge < -0.3 is 10.7 Å². The second kappa shape index (κ2) is 3.51. The van der Waals surface area contributed by atoms with Gasteiger partial charge in [-0.25, -0.2) is 0 Å². The molecule has 1 saturated carbocycles. The number of nitrogens with one attached hydrogen (secondary N) is 1. The van der Waals surface area contributed by atoms with E-state index in [1.807, 2.05) is 12.1 Å². The molecule has 1 aromatic carbocycles. The lowest BCUT2D eigenvalue weighted by Gasteiger charge is -2.06. The Morgan fingerprint density at radius 3 is 2.94 bits per heavy atom. The quantitative estimate of drug-likeness (QED) is 0.841. The van der Waals surface area contributed by atoms with Gasteiger partial charge in [0.1, 0.15) is 0 Å². The molecule has 0 unspecified atom stereocenters. The van der Waals surface area contributed by atoms with E-state index < -0.39 is 0 Å². The number of fused-ring (bicyclic) bond motifs is 1. The normalized spacial score (nSPS) is 17.9. The van der Waals surface area contributed by atoms with Crippen molar-refractivity contribution in [1.29, 1.82) is 0 Å². The average molecular weight is 235 g/mol. The largest absolute Gasteiger partial charge is 0.360 e. The van der Waals surface area contributed by atoms with Gasteiger partial charge >= 0.3 is 0 Å². The van der Waals surface area contributed by atoms with Crippen molar-refractivity contribution >= 4 is 22.5 Å². The van der Waals surface area contributed by atoms with E-state index in [2.05, 4.69) is 17.2 Å². The first-order chi connectivity index (χ1) is 7.68. The van der Waals surface area contributed by atoms with Crippen LogP contribution in [0.1, 0.15) is 24.8 Å². The van der Waals surface area contributed by atoms with Gasteiger partial charge in [-0.1, -0.05) is 23.7 Å². The highest BCUT2D eigenvalue weighted by Crippen LogP contribution is 2.37. The first kappa shape index (κ1) is 10.2. The standard InChI is InChI=1S/C13H15ClN2/c14-11-3-1-2-10-9(8-16-12(10)11)4-5-13(15)6-7-13/h1-3,8,16H,4-7,15H2. The molecule has 0 bridgehead atoms. The third-order valence-electron chi connectivity index (χ3n) is 3.53. The number of rotatable bonds is 3. The minimum absolute atomic E-state index is 0.127. The van der Waals surface area contributed by atoms with Crippen LogP contribution in [0.3, 0.4) is 0 Å². The Labute approximate surface area is 99.8 Å². The molecule has 0 saturated heterocycles. The van der Waals surface area contributed by atoms with Crippen LogP contribution in [0, 0.1) is 0 Å². The molecular weight excluding hydrogens is 220 g/mol. The molecule has 84 valence electrons. The summed E-state index contributed by atoms with van der Waals surface area (Å²) in [4.78, 5) is 3.24. The molecule has 0 aliphatic heterocycles. The molecule has 2 nitrogen and oxygen atoms in total. The van der Waals surface area contributed by atoms with Gasteiger partial charge in [0, 0.05) is 17.1 Å². The van der Waals surface area contributed by atoms with Gasteiger partial charge in [0.25, 0.3) is 0 Å². The molecule has 1 aliphatic rings. The Hall–Kier alpha value is -0.990. The molecule has 1 fully saturated rings. The van der Waals surface area contributed by atoms with Crippen molar-refractivity contribution in [1.82, 2.24) is 4.98 Å². The summed E-state index contributed by atoms with van der Waals surface area (Å²) in [5.74, 6) is 0. The van der Waals surface area contributed by atoms with E-state index >= 15 is 0 Å². The number of hydrogen-bond donors (Lipinski definition) is 2. The van der Waals surface area contributed by atoms with Crippen molar-refractivity contribution in [3.8, 4) is 0 Å². The molecule has 1 aliphatic carbocycles. The van der Waals surface area contributed by atoms with Crippen LogP contribution in [0.4, 0.5) is 0 Å². The highest BCUT2D eigenvalue weighted by molar-refractivity contribution is 6.35. The molecule has 2 aromatic rings. The Morgan fingerprint density at radius 1 is 1.38 bits per heavy atom. The van der Waals surface area contributed by atoms with Gasteiger partial charge in [0.05, 0.1) is 10.5 Å². The summed E-state index contributed by atoms with van der Waals surface area (Å²) in [6, 6.07) is 6.02. The average Bonchev–Trinajstić information content (AvgIpc) is 2.86. The SMILES string of the molecule is NC1(CCc2c[nH]c3c(Cl)cccc23)CC1. The molecule has 0 atom stereocenters. The summed E-state index contributed by atoms with van der Waals surface area (Å²) in [7, 11) is 0. The number of aryl methyl sites for hydroxylation is 1. The fourth-order valence-corrected chi connectivity index (χ4v) is 2.41. The van der Waals surface area contributed by atoms with Crippen LogP contribution in [-0.2, 0) is 6.42 Å². The number of aromatic nitrogens is 1. The maximum atomic E-state index is 6.12. The Balaban J connectivity index is 1.89. The van der Waals surface area contributed by atoms with Crippen LogP contribution < -0.4 is 5.73 Å². The van der Waals surface area contributed by atoms with E-state index in [-0.39, 0.29) is 5.54 Å². The molecular formula is C13H15ClN2. The zero-order valence-electron chi connectivity index (χ0n) is 9.09. The fraction of sp³-hybridized carbons (Fsp3) is 0.385. The molecule has 3 N–H and O–H groups in total. The van der Waals surface area contributed by atoms with E-state index in [4.69, 9.17) is 17.3 Å². The van der Waals surface area contributed by atoms with Crippen LogP contribution in [0.15, 0.2) is 24.4 Å². The Bertz CT molecular complexity index is 526. The highest BCUT2D eigenvalue weighted by Gasteiger charge is 2.37. The van der Waals surface area contributed by atoms with Crippen molar-refractivity contribution in [2.75, 3.05) is 0 Å². The van der Waals surface area contributed by atoms with Crippen molar-refractivity contribution < 1.29 is 0 Å². The van der Waals surface area contributed by atoms with E-state index in [0.29, 0.717) is 0 Å². The van der Waals surface area contributed by atoms with Gasteiger partial charge in [-0.15, -0.1) is 0 Å². The summed E-state index contributed by atoms with van der Waals surface area (Å²) < 4.78 is 0. The molecule has 1 aromatic heterocycles. The van der Waals surface area contributed by atoms with Crippen LogP contribution in [-0.4, -0.2) is 10.5 Å². The van der Waals surface area contributed by atoms with Gasteiger partial charge in [-0.2, -0.15) is 0 Å². The zero-order chi connectivity index (χ0) is 11.2. The molecule has 3 heteroatoms. The predicted molar refractivity (Wildman–Crippen MR) is 67.8 cm³/mol. The lowest BCUT2D eigenvalue weighted by Crippen LogP contribution is -2.21. The molecule has 3 rings (SSSR count). The number of aromatic amines is 1. The maximum absolute atomic E-state index is 6.12. The summed E-state index contributed by atoms with van der Waals surface area (Å²) in [6.07, 6.45) is 6.53. The van der Waals surface area contributed by atoms with E-state index in [1.165, 1.54) is 23.8 Å². The van der Waals surface area contributed by atoms with Crippen molar-refractivity contribution in [2.45, 2.75) is 31.2 Å². The number of H-pyrrole nitrogens is 1. The van der Waals surface area contributed by atoms with Crippen LogP contribution in [0.25, 0.3) is 10.9 Å². The lowest BCUT2D eigenvalue weighted by molar-refractivity contribution is 0.610. The summed E-state index contributed by atoms with van der Waals surface area (Å²) >= 11 is 6.12. The maximum Gasteiger partial charge on any atom is 0.0647 e. The van der Waals surface area contributed by atoms with Crippen LogP contribution in [0.2, 0.25) is 5.02 Å². The topological polar surface area (TPSA) is 41.8 Å². The van der Waals surface area contributed by atoms with E-state index in [0.717, 1.165) is 23.4 Å². The number of benzene rings is 1. The monoisotopic (exact) mass is 234 g/mol. The summed E-state index contributed by atoms with van der Waals surface area (Å²) in [5, 5.41) is 2.02. The van der Waals surface area contributed by atoms with Gasteiger partial charge in [0.15, 0.2) is 0 Å². The smallest absolute Gasteiger partial charge is 0.0647 e. The lowest BCUT2D eigenvalue weighted by atomic mass is 10.0. The van der Waals surface area contributed by atoms with Crippen LogP contribution in [0.5, 0.6) is 0 Å². The number of para-hydroxylation sites is 1.